The summed E-state index contributed by atoms with van der Waals surface area (Å²) >= 11 is 12.2. The fraction of sp³-hybridized carbons (Fsp3) is 0.600. The van der Waals surface area contributed by atoms with Gasteiger partial charge in [0.15, 0.2) is 0 Å². The summed E-state index contributed by atoms with van der Waals surface area (Å²) < 4.78 is 19.1. The third-order valence-corrected chi connectivity index (χ3v) is 4.00. The molecule has 0 saturated carbocycles. The first kappa shape index (κ1) is 17.7. The van der Waals surface area contributed by atoms with Crippen LogP contribution < -0.4 is 5.32 Å². The van der Waals surface area contributed by atoms with Crippen molar-refractivity contribution in [1.29, 1.82) is 0 Å². The highest BCUT2D eigenvalue weighted by Crippen LogP contribution is 2.32. The van der Waals surface area contributed by atoms with E-state index in [1.165, 1.54) is 12.1 Å². The van der Waals surface area contributed by atoms with Gasteiger partial charge in [0, 0.05) is 29.3 Å². The molecule has 20 heavy (non-hydrogen) atoms. The van der Waals surface area contributed by atoms with Crippen molar-refractivity contribution in [2.75, 3.05) is 13.2 Å². The summed E-state index contributed by atoms with van der Waals surface area (Å²) in [4.78, 5) is 0. The van der Waals surface area contributed by atoms with Crippen molar-refractivity contribution in [3.8, 4) is 0 Å². The molecule has 2 nitrogen and oxygen atoms in total. The van der Waals surface area contributed by atoms with Crippen LogP contribution in [0.25, 0.3) is 0 Å². The van der Waals surface area contributed by atoms with E-state index in [1.807, 2.05) is 13.8 Å². The van der Waals surface area contributed by atoms with E-state index in [9.17, 15) is 4.39 Å². The summed E-state index contributed by atoms with van der Waals surface area (Å²) in [6, 6.07) is 2.81. The molecule has 0 saturated heterocycles. The van der Waals surface area contributed by atoms with Crippen molar-refractivity contribution in [2.45, 2.75) is 39.8 Å². The number of hydrogen-bond donors (Lipinski definition) is 1. The molecule has 0 amide bonds. The fourth-order valence-corrected chi connectivity index (χ4v) is 2.72. The van der Waals surface area contributed by atoms with Crippen LogP contribution in [0.3, 0.4) is 0 Å². The van der Waals surface area contributed by atoms with Crippen LogP contribution in [-0.2, 0) is 4.74 Å². The van der Waals surface area contributed by atoms with Gasteiger partial charge in [0.1, 0.15) is 5.82 Å². The minimum atomic E-state index is -0.453. The standard InChI is InChI=1S/C15H22Cl2FNO/c1-5-20-8-13(9(2)3)19-10(4)14-11(16)6-7-12(18)15(14)17/h6-7,9-10,13,19H,5,8H2,1-4H3. The zero-order valence-corrected chi connectivity index (χ0v) is 13.9. The van der Waals surface area contributed by atoms with E-state index in [1.54, 1.807) is 0 Å². The van der Waals surface area contributed by atoms with Crippen molar-refractivity contribution in [3.05, 3.63) is 33.6 Å². The maximum atomic E-state index is 13.6. The van der Waals surface area contributed by atoms with Crippen LogP contribution in [0.1, 0.15) is 39.3 Å². The molecule has 1 aromatic carbocycles. The lowest BCUT2D eigenvalue weighted by Crippen LogP contribution is -2.39. The summed E-state index contributed by atoms with van der Waals surface area (Å²) in [5.74, 6) is -0.0688. The number of hydrogen-bond acceptors (Lipinski definition) is 2. The molecule has 1 rings (SSSR count). The molecule has 0 aliphatic rings. The monoisotopic (exact) mass is 321 g/mol. The first-order chi connectivity index (χ1) is 9.38. The van der Waals surface area contributed by atoms with Gasteiger partial charge in [-0.05, 0) is 31.9 Å². The Morgan fingerprint density at radius 1 is 1.25 bits per heavy atom. The van der Waals surface area contributed by atoms with Crippen LogP contribution in [0.5, 0.6) is 0 Å². The Morgan fingerprint density at radius 3 is 2.45 bits per heavy atom. The van der Waals surface area contributed by atoms with Gasteiger partial charge < -0.3 is 10.1 Å². The lowest BCUT2D eigenvalue weighted by Gasteiger charge is -2.27. The third kappa shape index (κ3) is 4.59. The number of rotatable bonds is 7. The van der Waals surface area contributed by atoms with Gasteiger partial charge in [0.05, 0.1) is 11.6 Å². The maximum absolute atomic E-state index is 13.6. The average Bonchev–Trinajstić information content (AvgIpc) is 2.39. The minimum Gasteiger partial charge on any atom is -0.380 e. The third-order valence-electron chi connectivity index (χ3n) is 3.28. The van der Waals surface area contributed by atoms with Crippen molar-refractivity contribution >= 4 is 23.2 Å². The van der Waals surface area contributed by atoms with Crippen LogP contribution in [0.2, 0.25) is 10.0 Å². The molecule has 0 aromatic heterocycles. The van der Waals surface area contributed by atoms with Crippen molar-refractivity contribution < 1.29 is 9.13 Å². The summed E-state index contributed by atoms with van der Waals surface area (Å²) in [5.41, 5.74) is 0.593. The molecule has 2 unspecified atom stereocenters. The van der Waals surface area contributed by atoms with Crippen LogP contribution >= 0.6 is 23.2 Å². The van der Waals surface area contributed by atoms with E-state index >= 15 is 0 Å². The molecule has 0 spiro atoms. The normalized spacial score (nSPS) is 14.6. The zero-order valence-electron chi connectivity index (χ0n) is 12.3. The van der Waals surface area contributed by atoms with E-state index in [-0.39, 0.29) is 17.1 Å². The van der Waals surface area contributed by atoms with Crippen LogP contribution in [0.15, 0.2) is 12.1 Å². The fourth-order valence-electron chi connectivity index (χ4n) is 2.02. The lowest BCUT2D eigenvalue weighted by atomic mass is 10.0. The molecule has 114 valence electrons. The predicted octanol–water partition coefficient (Wildman–Crippen LogP) is 4.84. The second-order valence-corrected chi connectivity index (χ2v) is 5.94. The molecule has 0 aliphatic carbocycles. The minimum absolute atomic E-state index is 0.0800. The topological polar surface area (TPSA) is 21.3 Å². The molecule has 0 fully saturated rings. The second kappa shape index (κ2) is 8.18. The smallest absolute Gasteiger partial charge is 0.142 e. The van der Waals surface area contributed by atoms with Gasteiger partial charge in [-0.2, -0.15) is 0 Å². The highest BCUT2D eigenvalue weighted by molar-refractivity contribution is 6.36. The Hall–Kier alpha value is -0.350. The summed E-state index contributed by atoms with van der Waals surface area (Å²) in [5, 5.41) is 3.96. The summed E-state index contributed by atoms with van der Waals surface area (Å²) in [6.07, 6.45) is 0. The van der Waals surface area contributed by atoms with Crippen molar-refractivity contribution in [1.82, 2.24) is 5.32 Å². The van der Waals surface area contributed by atoms with Crippen LogP contribution in [-0.4, -0.2) is 19.3 Å². The largest absolute Gasteiger partial charge is 0.380 e. The van der Waals surface area contributed by atoms with E-state index in [0.717, 1.165) is 0 Å². The Balaban J connectivity index is 2.89. The van der Waals surface area contributed by atoms with Gasteiger partial charge in [0.2, 0.25) is 0 Å². The maximum Gasteiger partial charge on any atom is 0.142 e. The molecule has 5 heteroatoms. The lowest BCUT2D eigenvalue weighted by molar-refractivity contribution is 0.104. The molecule has 0 aliphatic heterocycles. The Labute approximate surface area is 130 Å². The Morgan fingerprint density at radius 2 is 1.90 bits per heavy atom. The first-order valence-corrected chi connectivity index (χ1v) is 7.61. The van der Waals surface area contributed by atoms with E-state index in [2.05, 4.69) is 19.2 Å². The van der Waals surface area contributed by atoms with Gasteiger partial charge in [-0.25, -0.2) is 4.39 Å². The van der Waals surface area contributed by atoms with Gasteiger partial charge in [-0.3, -0.25) is 0 Å². The number of nitrogens with one attached hydrogen (secondary N) is 1. The molecule has 1 aromatic rings. The quantitative estimate of drug-likeness (QED) is 0.725. The number of halogens is 3. The van der Waals surface area contributed by atoms with Gasteiger partial charge >= 0.3 is 0 Å². The average molecular weight is 322 g/mol. The van der Waals surface area contributed by atoms with Crippen molar-refractivity contribution in [2.24, 2.45) is 5.92 Å². The highest BCUT2D eigenvalue weighted by Gasteiger charge is 2.21. The summed E-state index contributed by atoms with van der Waals surface area (Å²) in [7, 11) is 0. The van der Waals surface area contributed by atoms with Gasteiger partial charge in [-0.15, -0.1) is 0 Å². The number of benzene rings is 1. The van der Waals surface area contributed by atoms with E-state index in [4.69, 9.17) is 27.9 Å². The predicted molar refractivity (Wildman–Crippen MR) is 83.1 cm³/mol. The molecular weight excluding hydrogens is 300 g/mol. The highest BCUT2D eigenvalue weighted by atomic mass is 35.5. The van der Waals surface area contributed by atoms with E-state index < -0.39 is 5.82 Å². The van der Waals surface area contributed by atoms with Gasteiger partial charge in [-0.1, -0.05) is 37.0 Å². The van der Waals surface area contributed by atoms with E-state index in [0.29, 0.717) is 29.7 Å². The molecule has 0 radical (unpaired) electrons. The van der Waals surface area contributed by atoms with Gasteiger partial charge in [0.25, 0.3) is 0 Å². The second-order valence-electron chi connectivity index (χ2n) is 5.16. The molecular formula is C15H22Cl2FNO. The zero-order chi connectivity index (χ0) is 15.3. The summed E-state index contributed by atoms with van der Waals surface area (Å²) in [6.45, 7) is 9.37. The Bertz CT molecular complexity index is 440. The molecule has 1 N–H and O–H groups in total. The molecule has 0 bridgehead atoms. The molecule has 0 heterocycles. The van der Waals surface area contributed by atoms with Crippen LogP contribution in [0, 0.1) is 11.7 Å². The first-order valence-electron chi connectivity index (χ1n) is 6.85. The number of ether oxygens (including phenoxy) is 1. The molecule has 2 atom stereocenters. The SMILES string of the molecule is CCOCC(NC(C)c1c(Cl)ccc(F)c1Cl)C(C)C. The van der Waals surface area contributed by atoms with Crippen LogP contribution in [0.4, 0.5) is 4.39 Å². The Kier molecular flexibility index (Phi) is 7.24. The van der Waals surface area contributed by atoms with Crippen molar-refractivity contribution in [3.63, 3.8) is 0 Å².